The zero-order chi connectivity index (χ0) is 23.1. The molecular formula is C28H26ClN5. The van der Waals surface area contributed by atoms with Crippen molar-refractivity contribution < 1.29 is 0 Å². The number of aryl methyl sites for hydroxylation is 1. The fourth-order valence-electron chi connectivity index (χ4n) is 5.09. The highest BCUT2D eigenvalue weighted by molar-refractivity contribution is 6.31. The molecule has 0 unspecified atom stereocenters. The molecule has 0 bridgehead atoms. The smallest absolute Gasteiger partial charge is 0.186 e. The summed E-state index contributed by atoms with van der Waals surface area (Å²) in [4.78, 5) is 7.56. The van der Waals surface area contributed by atoms with Crippen LogP contribution < -0.4 is 4.90 Å². The Morgan fingerprint density at radius 1 is 0.941 bits per heavy atom. The van der Waals surface area contributed by atoms with Crippen LogP contribution in [0.5, 0.6) is 0 Å². The molecule has 3 aromatic carbocycles. The summed E-state index contributed by atoms with van der Waals surface area (Å²) in [6.07, 6.45) is 3.43. The molecule has 34 heavy (non-hydrogen) atoms. The minimum atomic E-state index is 0.691. The lowest BCUT2D eigenvalue weighted by Crippen LogP contribution is -2.35. The lowest BCUT2D eigenvalue weighted by atomic mass is 9.90. The lowest BCUT2D eigenvalue weighted by Gasteiger charge is -2.33. The van der Waals surface area contributed by atoms with Gasteiger partial charge in [-0.1, -0.05) is 70.9 Å². The maximum absolute atomic E-state index is 6.42. The molecule has 1 saturated heterocycles. The largest absolute Gasteiger partial charge is 0.356 e. The van der Waals surface area contributed by atoms with Gasteiger partial charge < -0.3 is 4.90 Å². The Bertz CT molecular complexity index is 1470. The highest BCUT2D eigenvalue weighted by atomic mass is 35.5. The summed E-state index contributed by atoms with van der Waals surface area (Å²) in [5.41, 5.74) is 6.20. The van der Waals surface area contributed by atoms with Gasteiger partial charge in [0.05, 0.1) is 5.52 Å². The molecule has 170 valence electrons. The van der Waals surface area contributed by atoms with Crippen LogP contribution in [0.15, 0.2) is 72.8 Å². The number of hydrogen-bond acceptors (Lipinski definition) is 4. The van der Waals surface area contributed by atoms with Gasteiger partial charge in [0.15, 0.2) is 5.65 Å². The summed E-state index contributed by atoms with van der Waals surface area (Å²) in [6, 6.07) is 25.1. The molecular weight excluding hydrogens is 442 g/mol. The molecule has 0 radical (unpaired) electrons. The van der Waals surface area contributed by atoms with Gasteiger partial charge >= 0.3 is 0 Å². The zero-order valence-corrected chi connectivity index (χ0v) is 19.9. The summed E-state index contributed by atoms with van der Waals surface area (Å²) >= 11 is 6.42. The second-order valence-corrected chi connectivity index (χ2v) is 9.70. The van der Waals surface area contributed by atoms with Crippen molar-refractivity contribution in [1.82, 2.24) is 19.8 Å². The molecule has 1 fully saturated rings. The van der Waals surface area contributed by atoms with Crippen LogP contribution in [0.2, 0.25) is 5.02 Å². The summed E-state index contributed by atoms with van der Waals surface area (Å²) in [5.74, 6) is 1.66. The average Bonchev–Trinajstić information content (AvgIpc) is 3.29. The number of aromatic nitrogens is 4. The van der Waals surface area contributed by atoms with E-state index in [1.807, 2.05) is 22.7 Å². The molecule has 6 rings (SSSR count). The van der Waals surface area contributed by atoms with Crippen molar-refractivity contribution in [3.63, 3.8) is 0 Å². The molecule has 0 spiro atoms. The highest BCUT2D eigenvalue weighted by Crippen LogP contribution is 2.34. The van der Waals surface area contributed by atoms with Crippen molar-refractivity contribution in [3.05, 3.63) is 88.9 Å². The number of benzene rings is 3. The van der Waals surface area contributed by atoms with E-state index in [-0.39, 0.29) is 0 Å². The Labute approximate surface area is 204 Å². The van der Waals surface area contributed by atoms with Crippen molar-refractivity contribution in [2.75, 3.05) is 18.0 Å². The maximum atomic E-state index is 6.42. The molecule has 1 aliphatic heterocycles. The van der Waals surface area contributed by atoms with E-state index in [9.17, 15) is 0 Å². The van der Waals surface area contributed by atoms with E-state index >= 15 is 0 Å². The third-order valence-electron chi connectivity index (χ3n) is 6.86. The Balaban J connectivity index is 1.39. The van der Waals surface area contributed by atoms with Crippen LogP contribution in [-0.2, 0) is 6.42 Å². The molecule has 1 aliphatic rings. The summed E-state index contributed by atoms with van der Waals surface area (Å²) < 4.78 is 1.84. The van der Waals surface area contributed by atoms with Crippen LogP contribution in [0.1, 0.15) is 24.0 Å². The molecule has 0 aliphatic carbocycles. The number of hydrogen-bond donors (Lipinski definition) is 0. The Morgan fingerprint density at radius 3 is 2.56 bits per heavy atom. The van der Waals surface area contributed by atoms with Gasteiger partial charge in [-0.2, -0.15) is 4.52 Å². The molecule has 6 heteroatoms. The van der Waals surface area contributed by atoms with Gasteiger partial charge in [0.1, 0.15) is 11.5 Å². The van der Waals surface area contributed by atoms with Crippen LogP contribution >= 0.6 is 11.6 Å². The quantitative estimate of drug-likeness (QED) is 0.308. The van der Waals surface area contributed by atoms with Crippen molar-refractivity contribution >= 4 is 34.0 Å². The minimum Gasteiger partial charge on any atom is -0.356 e. The van der Waals surface area contributed by atoms with E-state index in [2.05, 4.69) is 76.7 Å². The predicted molar refractivity (Wildman–Crippen MR) is 139 cm³/mol. The van der Waals surface area contributed by atoms with Gasteiger partial charge in [-0.25, -0.2) is 4.98 Å². The molecule has 3 heterocycles. The zero-order valence-electron chi connectivity index (χ0n) is 19.2. The Hall–Kier alpha value is -3.44. The molecule has 5 nitrogen and oxygen atoms in total. The van der Waals surface area contributed by atoms with Gasteiger partial charge in [0, 0.05) is 29.1 Å². The topological polar surface area (TPSA) is 46.3 Å². The lowest BCUT2D eigenvalue weighted by molar-refractivity contribution is 0.403. The molecule has 0 N–H and O–H groups in total. The maximum Gasteiger partial charge on any atom is 0.186 e. The fourth-order valence-corrected chi connectivity index (χ4v) is 5.26. The van der Waals surface area contributed by atoms with Gasteiger partial charge in [-0.15, -0.1) is 5.10 Å². The SMILES string of the molecule is Cc1cccc(-c2nnn3c2nc(N2CCC(Cc4ccccc4)CC2)c2cc(Cl)ccc23)c1. The molecule has 5 aromatic rings. The monoisotopic (exact) mass is 467 g/mol. The van der Waals surface area contributed by atoms with E-state index in [4.69, 9.17) is 16.6 Å². The average molecular weight is 468 g/mol. The van der Waals surface area contributed by atoms with Gasteiger partial charge in [0.25, 0.3) is 0 Å². The number of fused-ring (bicyclic) bond motifs is 3. The first kappa shape index (κ1) is 21.1. The summed E-state index contributed by atoms with van der Waals surface area (Å²) in [7, 11) is 0. The van der Waals surface area contributed by atoms with E-state index in [1.165, 1.54) is 11.1 Å². The van der Waals surface area contributed by atoms with Crippen molar-refractivity contribution in [2.24, 2.45) is 5.92 Å². The van der Waals surface area contributed by atoms with Crippen LogP contribution in [0.3, 0.4) is 0 Å². The molecule has 0 saturated carbocycles. The van der Waals surface area contributed by atoms with E-state index in [1.54, 1.807) is 0 Å². The van der Waals surface area contributed by atoms with Crippen molar-refractivity contribution in [2.45, 2.75) is 26.2 Å². The van der Waals surface area contributed by atoms with E-state index in [0.717, 1.165) is 66.0 Å². The van der Waals surface area contributed by atoms with Gasteiger partial charge in [0.2, 0.25) is 0 Å². The third-order valence-corrected chi connectivity index (χ3v) is 7.09. The molecule has 0 amide bonds. The molecule has 2 aromatic heterocycles. The van der Waals surface area contributed by atoms with Crippen LogP contribution in [0.25, 0.3) is 27.8 Å². The van der Waals surface area contributed by atoms with E-state index in [0.29, 0.717) is 10.9 Å². The normalized spacial score (nSPS) is 14.8. The summed E-state index contributed by atoms with van der Waals surface area (Å²) in [5, 5.41) is 10.7. The van der Waals surface area contributed by atoms with Crippen LogP contribution in [0, 0.1) is 12.8 Å². The van der Waals surface area contributed by atoms with Gasteiger partial charge in [-0.05, 0) is 61.9 Å². The first-order valence-electron chi connectivity index (χ1n) is 11.9. The fraction of sp³-hybridized carbons (Fsp3) is 0.250. The molecule has 0 atom stereocenters. The van der Waals surface area contributed by atoms with Gasteiger partial charge in [-0.3, -0.25) is 0 Å². The minimum absolute atomic E-state index is 0.691. The predicted octanol–water partition coefficient (Wildman–Crippen LogP) is 6.37. The highest BCUT2D eigenvalue weighted by Gasteiger charge is 2.24. The van der Waals surface area contributed by atoms with Crippen LogP contribution in [-0.4, -0.2) is 32.9 Å². The number of anilines is 1. The number of halogens is 1. The third kappa shape index (κ3) is 3.90. The van der Waals surface area contributed by atoms with Crippen molar-refractivity contribution in [1.29, 1.82) is 0 Å². The first-order chi connectivity index (χ1) is 16.7. The van der Waals surface area contributed by atoms with Crippen molar-refractivity contribution in [3.8, 4) is 11.3 Å². The number of piperidine rings is 1. The first-order valence-corrected chi connectivity index (χ1v) is 12.2. The van der Waals surface area contributed by atoms with Crippen LogP contribution in [0.4, 0.5) is 5.82 Å². The summed E-state index contributed by atoms with van der Waals surface area (Å²) in [6.45, 7) is 4.04. The number of rotatable bonds is 4. The van der Waals surface area contributed by atoms with E-state index < -0.39 is 0 Å². The Kier molecular flexibility index (Phi) is 5.42. The Morgan fingerprint density at radius 2 is 1.76 bits per heavy atom. The second kappa shape index (κ2) is 8.73. The number of nitrogens with zero attached hydrogens (tertiary/aromatic N) is 5. The second-order valence-electron chi connectivity index (χ2n) is 9.26. The standard InChI is InChI=1S/C28H26ClN5/c1-19-6-5-9-22(16-19)26-28-30-27(24-18-23(29)10-11-25(24)34(28)32-31-26)33-14-12-21(13-15-33)17-20-7-3-2-4-8-20/h2-11,16,18,21H,12-15,17H2,1H3.